The molecule has 5 N–H and O–H groups in total. The normalized spacial score (nSPS) is 10.5. The quantitative estimate of drug-likeness (QED) is 0.161. The Morgan fingerprint density at radius 1 is 1.19 bits per heavy atom. The van der Waals surface area contributed by atoms with E-state index in [1.165, 1.54) is 12.1 Å². The number of benzene rings is 2. The number of carbonyl (C=O) groups excluding carboxylic acids is 2. The second kappa shape index (κ2) is 10.6. The van der Waals surface area contributed by atoms with Gasteiger partial charge in [0.1, 0.15) is 5.56 Å². The van der Waals surface area contributed by atoms with Crippen LogP contribution in [0.5, 0.6) is 0 Å². The Morgan fingerprint density at radius 3 is 2.59 bits per heavy atom. The topological polar surface area (TPSA) is 156 Å². The van der Waals surface area contributed by atoms with Gasteiger partial charge in [0.05, 0.1) is 10.6 Å². The highest BCUT2D eigenvalue weighted by molar-refractivity contribution is 7.73. The maximum atomic E-state index is 12.7. The standard InChI is InChI=1S/C20H20N6O4S2/c21-17-13(7-9-15(27)22-11-10-12-4-2-1-3-5-12)6-8-14(26(29)30)16(17)18(28)23-19-24-25-20(31)32-19/h1-6,8H,7,9-11,21H2,(H,22,27)(H,25,31)(H,23,24,28). The maximum Gasteiger partial charge on any atom is 0.284 e. The summed E-state index contributed by atoms with van der Waals surface area (Å²) in [5, 5.41) is 23.2. The van der Waals surface area contributed by atoms with E-state index < -0.39 is 16.5 Å². The van der Waals surface area contributed by atoms with Crippen LogP contribution >= 0.6 is 23.6 Å². The van der Waals surface area contributed by atoms with E-state index in [0.29, 0.717) is 22.5 Å². The van der Waals surface area contributed by atoms with Gasteiger partial charge in [-0.05, 0) is 36.2 Å². The summed E-state index contributed by atoms with van der Waals surface area (Å²) in [6.07, 6.45) is 1.05. The Balaban J connectivity index is 1.66. The molecule has 3 aromatic rings. The van der Waals surface area contributed by atoms with Crippen LogP contribution in [-0.4, -0.2) is 33.5 Å². The van der Waals surface area contributed by atoms with Gasteiger partial charge < -0.3 is 11.1 Å². The molecule has 0 unspecified atom stereocenters. The van der Waals surface area contributed by atoms with Crippen molar-refractivity contribution in [2.24, 2.45) is 0 Å². The minimum Gasteiger partial charge on any atom is -0.398 e. The molecule has 1 aromatic heterocycles. The number of amides is 2. The molecule has 2 aromatic carbocycles. The van der Waals surface area contributed by atoms with E-state index in [1.54, 1.807) is 0 Å². The molecule has 0 radical (unpaired) electrons. The zero-order chi connectivity index (χ0) is 23.1. The molecule has 0 saturated carbocycles. The Labute approximate surface area is 192 Å². The number of anilines is 2. The number of carbonyl (C=O) groups is 2. The number of H-pyrrole nitrogens is 1. The lowest BCUT2D eigenvalue weighted by Gasteiger charge is -2.11. The lowest BCUT2D eigenvalue weighted by atomic mass is 10.0. The van der Waals surface area contributed by atoms with Crippen molar-refractivity contribution in [3.8, 4) is 0 Å². The molecule has 3 rings (SSSR count). The van der Waals surface area contributed by atoms with E-state index in [1.807, 2.05) is 30.3 Å². The van der Waals surface area contributed by atoms with Gasteiger partial charge in [0, 0.05) is 19.0 Å². The first-order chi connectivity index (χ1) is 15.3. The van der Waals surface area contributed by atoms with Gasteiger partial charge in [-0.25, -0.2) is 0 Å². The molecular formula is C20H20N6O4S2. The van der Waals surface area contributed by atoms with Crippen LogP contribution < -0.4 is 16.4 Å². The van der Waals surface area contributed by atoms with Crippen molar-refractivity contribution in [1.82, 2.24) is 15.5 Å². The monoisotopic (exact) mass is 472 g/mol. The second-order valence-electron chi connectivity index (χ2n) is 6.75. The number of rotatable bonds is 9. The van der Waals surface area contributed by atoms with Gasteiger partial charge in [0.15, 0.2) is 3.95 Å². The molecule has 0 aliphatic carbocycles. The van der Waals surface area contributed by atoms with Crippen molar-refractivity contribution in [2.75, 3.05) is 17.6 Å². The number of aromatic amines is 1. The average molecular weight is 473 g/mol. The van der Waals surface area contributed by atoms with Crippen LogP contribution in [0, 0.1) is 14.1 Å². The first-order valence-corrected chi connectivity index (χ1v) is 10.8. The molecule has 166 valence electrons. The molecule has 0 fully saturated rings. The van der Waals surface area contributed by atoms with E-state index >= 15 is 0 Å². The number of hydrogen-bond acceptors (Lipinski definition) is 8. The fourth-order valence-electron chi connectivity index (χ4n) is 3.03. The summed E-state index contributed by atoms with van der Waals surface area (Å²) in [5.41, 5.74) is 6.92. The summed E-state index contributed by atoms with van der Waals surface area (Å²) in [7, 11) is 0. The molecule has 10 nitrogen and oxygen atoms in total. The van der Waals surface area contributed by atoms with Crippen molar-refractivity contribution in [3.63, 3.8) is 0 Å². The smallest absolute Gasteiger partial charge is 0.284 e. The summed E-state index contributed by atoms with van der Waals surface area (Å²) in [6.45, 7) is 0.488. The number of aryl methyl sites for hydroxylation is 1. The highest BCUT2D eigenvalue weighted by atomic mass is 32.1. The van der Waals surface area contributed by atoms with Crippen LogP contribution in [0.15, 0.2) is 42.5 Å². The van der Waals surface area contributed by atoms with E-state index in [2.05, 4.69) is 20.8 Å². The number of nitrogen functional groups attached to an aromatic ring is 1. The summed E-state index contributed by atoms with van der Waals surface area (Å²) in [6, 6.07) is 12.4. The summed E-state index contributed by atoms with van der Waals surface area (Å²) >= 11 is 5.92. The molecule has 12 heteroatoms. The summed E-state index contributed by atoms with van der Waals surface area (Å²) in [4.78, 5) is 35.6. The van der Waals surface area contributed by atoms with E-state index in [-0.39, 0.29) is 35.1 Å². The van der Waals surface area contributed by atoms with Crippen molar-refractivity contribution in [2.45, 2.75) is 19.3 Å². The highest BCUT2D eigenvalue weighted by Crippen LogP contribution is 2.29. The summed E-state index contributed by atoms with van der Waals surface area (Å²) < 4.78 is 0.342. The number of hydrogen-bond donors (Lipinski definition) is 4. The Hall–Kier alpha value is -3.64. The van der Waals surface area contributed by atoms with Gasteiger partial charge >= 0.3 is 0 Å². The fourth-order valence-corrected chi connectivity index (χ4v) is 3.81. The van der Waals surface area contributed by atoms with Gasteiger partial charge in [-0.2, -0.15) is 0 Å². The number of nitro benzene ring substituents is 1. The molecule has 0 bridgehead atoms. The minimum atomic E-state index is -0.777. The predicted octanol–water partition coefficient (Wildman–Crippen LogP) is 3.23. The highest BCUT2D eigenvalue weighted by Gasteiger charge is 2.26. The molecule has 0 aliphatic heterocycles. The Bertz CT molecular complexity index is 1190. The molecule has 32 heavy (non-hydrogen) atoms. The van der Waals surface area contributed by atoms with Crippen LogP contribution in [-0.2, 0) is 17.6 Å². The first kappa shape index (κ1) is 23.0. The lowest BCUT2D eigenvalue weighted by Crippen LogP contribution is -2.26. The molecule has 0 saturated heterocycles. The summed E-state index contributed by atoms with van der Waals surface area (Å²) in [5.74, 6) is -0.956. The molecular weight excluding hydrogens is 452 g/mol. The van der Waals surface area contributed by atoms with Gasteiger partial charge in [-0.15, -0.1) is 5.10 Å². The van der Waals surface area contributed by atoms with E-state index in [0.717, 1.165) is 16.9 Å². The largest absolute Gasteiger partial charge is 0.398 e. The zero-order valence-electron chi connectivity index (χ0n) is 16.8. The van der Waals surface area contributed by atoms with Crippen LogP contribution in [0.3, 0.4) is 0 Å². The molecule has 2 amide bonds. The van der Waals surface area contributed by atoms with Crippen LogP contribution in [0.1, 0.15) is 27.9 Å². The number of aromatic nitrogens is 2. The van der Waals surface area contributed by atoms with Gasteiger partial charge in [0.25, 0.3) is 11.6 Å². The minimum absolute atomic E-state index is 0.0482. The molecule has 0 aliphatic rings. The van der Waals surface area contributed by atoms with Crippen molar-refractivity contribution in [1.29, 1.82) is 0 Å². The molecule has 0 spiro atoms. The first-order valence-electron chi connectivity index (χ1n) is 9.58. The number of nitrogens with zero attached hydrogens (tertiary/aromatic N) is 2. The fraction of sp³-hybridized carbons (Fsp3) is 0.200. The average Bonchev–Trinajstić information content (AvgIpc) is 3.17. The van der Waals surface area contributed by atoms with Crippen molar-refractivity contribution < 1.29 is 14.5 Å². The maximum absolute atomic E-state index is 12.7. The van der Waals surface area contributed by atoms with E-state index in [4.69, 9.17) is 18.0 Å². The molecule has 1 heterocycles. The zero-order valence-corrected chi connectivity index (χ0v) is 18.4. The van der Waals surface area contributed by atoms with Crippen LogP contribution in [0.4, 0.5) is 16.5 Å². The van der Waals surface area contributed by atoms with Crippen LogP contribution in [0.2, 0.25) is 0 Å². The predicted molar refractivity (Wildman–Crippen MR) is 124 cm³/mol. The van der Waals surface area contributed by atoms with Crippen LogP contribution in [0.25, 0.3) is 0 Å². The van der Waals surface area contributed by atoms with Gasteiger partial charge in [0.2, 0.25) is 11.0 Å². The SMILES string of the molecule is Nc1c(CCC(=O)NCCc2ccccc2)ccc([N+](=O)[O-])c1C(=O)Nc1n[nH]c(=S)s1. The van der Waals surface area contributed by atoms with Crippen molar-refractivity contribution in [3.05, 3.63) is 73.2 Å². The van der Waals surface area contributed by atoms with Gasteiger partial charge in [-0.1, -0.05) is 47.7 Å². The Morgan fingerprint density at radius 2 is 1.94 bits per heavy atom. The third-order valence-electron chi connectivity index (χ3n) is 4.60. The number of nitrogens with one attached hydrogen (secondary N) is 3. The van der Waals surface area contributed by atoms with E-state index in [9.17, 15) is 19.7 Å². The number of nitrogens with two attached hydrogens (primary N) is 1. The number of nitro groups is 1. The van der Waals surface area contributed by atoms with Gasteiger partial charge in [-0.3, -0.25) is 30.1 Å². The third-order valence-corrected chi connectivity index (χ3v) is 5.60. The van der Waals surface area contributed by atoms with Crippen molar-refractivity contribution >= 4 is 51.9 Å². The lowest BCUT2D eigenvalue weighted by molar-refractivity contribution is -0.385. The third kappa shape index (κ3) is 5.95. The second-order valence-corrected chi connectivity index (χ2v) is 8.41. The molecule has 0 atom stereocenters. The Kier molecular flexibility index (Phi) is 7.63.